The van der Waals surface area contributed by atoms with Crippen LogP contribution in [0.3, 0.4) is 0 Å². The Bertz CT molecular complexity index is 531. The van der Waals surface area contributed by atoms with Crippen LogP contribution in [0.1, 0.15) is 21.5 Å². The summed E-state index contributed by atoms with van der Waals surface area (Å²) in [5.41, 5.74) is 2.23. The standard InChI is InChI=1S/C14H10Br2F2/c1-8-2-4-12(15)10(6-8)14(16)11-7-9(17)3-5-13(11)18/h2-7,14H,1H3. The minimum atomic E-state index is -0.445. The molecule has 2 rings (SSSR count). The first-order chi connectivity index (χ1) is 8.49. The number of benzene rings is 2. The maximum absolute atomic E-state index is 13.7. The number of hydrogen-bond acceptors (Lipinski definition) is 0. The van der Waals surface area contributed by atoms with Crippen LogP contribution in [0.25, 0.3) is 0 Å². The van der Waals surface area contributed by atoms with Crippen molar-refractivity contribution in [1.82, 2.24) is 0 Å². The molecule has 2 aromatic carbocycles. The third-order valence-electron chi connectivity index (χ3n) is 2.66. The van der Waals surface area contributed by atoms with E-state index < -0.39 is 11.6 Å². The topological polar surface area (TPSA) is 0 Å². The van der Waals surface area contributed by atoms with Crippen LogP contribution in [0.2, 0.25) is 0 Å². The Hall–Kier alpha value is -0.740. The summed E-state index contributed by atoms with van der Waals surface area (Å²) in [6.45, 7) is 1.96. The fourth-order valence-electron chi connectivity index (χ4n) is 1.73. The van der Waals surface area contributed by atoms with E-state index in [4.69, 9.17) is 0 Å². The maximum atomic E-state index is 13.7. The molecule has 0 aliphatic heterocycles. The fourth-order valence-corrected chi connectivity index (χ4v) is 3.25. The van der Waals surface area contributed by atoms with Gasteiger partial charge in [-0.3, -0.25) is 0 Å². The van der Waals surface area contributed by atoms with Crippen LogP contribution in [0, 0.1) is 18.6 Å². The van der Waals surface area contributed by atoms with Gasteiger partial charge >= 0.3 is 0 Å². The van der Waals surface area contributed by atoms with Gasteiger partial charge in [-0.1, -0.05) is 49.6 Å². The van der Waals surface area contributed by atoms with Crippen molar-refractivity contribution in [2.75, 3.05) is 0 Å². The summed E-state index contributed by atoms with van der Waals surface area (Å²) in [6.07, 6.45) is 0. The molecule has 0 saturated carbocycles. The number of aryl methyl sites for hydroxylation is 1. The van der Waals surface area contributed by atoms with Crippen molar-refractivity contribution in [3.63, 3.8) is 0 Å². The SMILES string of the molecule is Cc1ccc(Br)c(C(Br)c2cc(F)ccc2F)c1. The van der Waals surface area contributed by atoms with E-state index in [2.05, 4.69) is 31.9 Å². The average molecular weight is 376 g/mol. The van der Waals surface area contributed by atoms with E-state index in [1.54, 1.807) is 0 Å². The molecule has 0 bridgehead atoms. The molecule has 94 valence electrons. The normalized spacial score (nSPS) is 12.5. The molecular weight excluding hydrogens is 366 g/mol. The molecule has 0 saturated heterocycles. The first-order valence-corrected chi connectivity index (χ1v) is 7.05. The highest BCUT2D eigenvalue weighted by Gasteiger charge is 2.18. The van der Waals surface area contributed by atoms with Crippen molar-refractivity contribution < 1.29 is 8.78 Å². The van der Waals surface area contributed by atoms with E-state index in [0.717, 1.165) is 27.7 Å². The van der Waals surface area contributed by atoms with Crippen LogP contribution in [-0.2, 0) is 0 Å². The van der Waals surface area contributed by atoms with Crippen molar-refractivity contribution in [3.05, 3.63) is 69.2 Å². The Kier molecular flexibility index (Phi) is 4.17. The van der Waals surface area contributed by atoms with Crippen molar-refractivity contribution in [1.29, 1.82) is 0 Å². The zero-order valence-electron chi connectivity index (χ0n) is 9.55. The van der Waals surface area contributed by atoms with E-state index in [0.29, 0.717) is 5.56 Å². The summed E-state index contributed by atoms with van der Waals surface area (Å²) in [7, 11) is 0. The smallest absolute Gasteiger partial charge is 0.128 e. The lowest BCUT2D eigenvalue weighted by atomic mass is 10.0. The molecule has 0 N–H and O–H groups in total. The first kappa shape index (κ1) is 13.7. The van der Waals surface area contributed by atoms with Gasteiger partial charge in [0.25, 0.3) is 0 Å². The lowest BCUT2D eigenvalue weighted by Gasteiger charge is -2.14. The predicted molar refractivity (Wildman–Crippen MR) is 76.0 cm³/mol. The third kappa shape index (κ3) is 2.81. The number of halogens is 4. The van der Waals surface area contributed by atoms with Crippen LogP contribution in [0.5, 0.6) is 0 Å². The molecule has 0 amide bonds. The predicted octanol–water partition coefficient (Wildman–Crippen LogP) is 5.52. The van der Waals surface area contributed by atoms with Gasteiger partial charge in [-0.2, -0.15) is 0 Å². The molecule has 0 nitrogen and oxygen atoms in total. The van der Waals surface area contributed by atoms with E-state index in [9.17, 15) is 8.78 Å². The van der Waals surface area contributed by atoms with Gasteiger partial charge in [0.1, 0.15) is 11.6 Å². The molecule has 0 spiro atoms. The van der Waals surface area contributed by atoms with Crippen molar-refractivity contribution in [2.45, 2.75) is 11.8 Å². The van der Waals surface area contributed by atoms with E-state index in [1.165, 1.54) is 6.07 Å². The van der Waals surface area contributed by atoms with Crippen LogP contribution in [-0.4, -0.2) is 0 Å². The Morgan fingerprint density at radius 3 is 2.44 bits per heavy atom. The van der Waals surface area contributed by atoms with Gasteiger partial charge < -0.3 is 0 Å². The minimum absolute atomic E-state index is 0.293. The molecule has 0 aliphatic rings. The van der Waals surface area contributed by atoms with Gasteiger partial charge in [0.2, 0.25) is 0 Å². The van der Waals surface area contributed by atoms with Gasteiger partial charge in [0.05, 0.1) is 4.83 Å². The molecule has 4 heteroatoms. The third-order valence-corrected chi connectivity index (χ3v) is 4.36. The average Bonchev–Trinajstić information content (AvgIpc) is 2.34. The second-order valence-electron chi connectivity index (χ2n) is 4.05. The van der Waals surface area contributed by atoms with E-state index in [-0.39, 0.29) is 4.83 Å². The molecule has 0 aromatic heterocycles. The Morgan fingerprint density at radius 2 is 1.72 bits per heavy atom. The maximum Gasteiger partial charge on any atom is 0.128 e. The van der Waals surface area contributed by atoms with Gasteiger partial charge in [-0.05, 0) is 36.8 Å². The lowest BCUT2D eigenvalue weighted by Crippen LogP contribution is -1.99. The van der Waals surface area contributed by atoms with Gasteiger partial charge in [-0.25, -0.2) is 8.78 Å². The largest absolute Gasteiger partial charge is 0.207 e. The van der Waals surface area contributed by atoms with Crippen molar-refractivity contribution in [2.24, 2.45) is 0 Å². The summed E-state index contributed by atoms with van der Waals surface area (Å²) in [5.74, 6) is -0.869. The zero-order valence-corrected chi connectivity index (χ0v) is 12.7. The molecule has 0 aliphatic carbocycles. The van der Waals surface area contributed by atoms with E-state index in [1.807, 2.05) is 25.1 Å². The molecule has 2 aromatic rings. The van der Waals surface area contributed by atoms with Crippen LogP contribution < -0.4 is 0 Å². The van der Waals surface area contributed by atoms with Crippen LogP contribution >= 0.6 is 31.9 Å². The summed E-state index contributed by atoms with van der Waals surface area (Å²) >= 11 is 6.85. The highest BCUT2D eigenvalue weighted by Crippen LogP contribution is 2.37. The molecule has 1 atom stereocenters. The molecule has 0 radical (unpaired) electrons. The minimum Gasteiger partial charge on any atom is -0.207 e. The van der Waals surface area contributed by atoms with E-state index >= 15 is 0 Å². The zero-order chi connectivity index (χ0) is 13.3. The Morgan fingerprint density at radius 1 is 1.00 bits per heavy atom. The highest BCUT2D eigenvalue weighted by atomic mass is 79.9. The molecule has 1 unspecified atom stereocenters. The summed E-state index contributed by atoms with van der Waals surface area (Å²) < 4.78 is 27.8. The lowest BCUT2D eigenvalue weighted by molar-refractivity contribution is 0.588. The fraction of sp³-hybridized carbons (Fsp3) is 0.143. The Labute approximate surface area is 121 Å². The summed E-state index contributed by atoms with van der Waals surface area (Å²) in [5, 5.41) is 0. The molecule has 18 heavy (non-hydrogen) atoms. The van der Waals surface area contributed by atoms with Crippen molar-refractivity contribution in [3.8, 4) is 0 Å². The number of hydrogen-bond donors (Lipinski definition) is 0. The number of rotatable bonds is 2. The molecule has 0 heterocycles. The van der Waals surface area contributed by atoms with Crippen LogP contribution in [0.15, 0.2) is 40.9 Å². The summed E-state index contributed by atoms with van der Waals surface area (Å²) in [4.78, 5) is -0.387. The van der Waals surface area contributed by atoms with Gasteiger partial charge in [-0.15, -0.1) is 0 Å². The Balaban J connectivity index is 2.50. The first-order valence-electron chi connectivity index (χ1n) is 5.34. The van der Waals surface area contributed by atoms with Gasteiger partial charge in [0, 0.05) is 10.0 Å². The molecular formula is C14H10Br2F2. The molecule has 0 fully saturated rings. The highest BCUT2D eigenvalue weighted by molar-refractivity contribution is 9.11. The second-order valence-corrected chi connectivity index (χ2v) is 5.82. The second kappa shape index (κ2) is 5.49. The quantitative estimate of drug-likeness (QED) is 0.606. The number of alkyl halides is 1. The van der Waals surface area contributed by atoms with Crippen LogP contribution in [0.4, 0.5) is 8.78 Å². The van der Waals surface area contributed by atoms with Crippen molar-refractivity contribution >= 4 is 31.9 Å². The monoisotopic (exact) mass is 374 g/mol. The summed E-state index contributed by atoms with van der Waals surface area (Å²) in [6, 6.07) is 9.26. The van der Waals surface area contributed by atoms with Gasteiger partial charge in [0.15, 0.2) is 0 Å².